The Hall–Kier alpha value is -5.91. The van der Waals surface area contributed by atoms with E-state index in [1.807, 2.05) is 152 Å². The van der Waals surface area contributed by atoms with Crippen LogP contribution in [0.1, 0.15) is 69.4 Å². The molecular formula is C74H90Cl3NO26. The number of halogens is 3. The van der Waals surface area contributed by atoms with E-state index in [-0.39, 0.29) is 39.6 Å². The van der Waals surface area contributed by atoms with Gasteiger partial charge in [0.05, 0.1) is 64.6 Å². The number of hydrogen-bond donors (Lipinski definition) is 5. The first-order chi connectivity index (χ1) is 50.0. The van der Waals surface area contributed by atoms with Gasteiger partial charge in [-0.25, -0.2) is 0 Å². The molecule has 1 amide bonds. The van der Waals surface area contributed by atoms with Crippen LogP contribution in [0.3, 0.4) is 0 Å². The first-order valence-electron chi connectivity index (χ1n) is 34.2. The van der Waals surface area contributed by atoms with Crippen LogP contribution in [-0.4, -0.2) is 222 Å². The molecule has 0 aliphatic carbocycles. The highest BCUT2D eigenvalue weighted by Crippen LogP contribution is 2.41. The van der Waals surface area contributed by atoms with E-state index in [1.54, 1.807) is 6.92 Å². The van der Waals surface area contributed by atoms with Crippen molar-refractivity contribution < 1.29 is 125 Å². The highest BCUT2D eigenvalue weighted by Gasteiger charge is 2.60. The predicted octanol–water partition coefficient (Wildman–Crippen LogP) is 6.14. The summed E-state index contributed by atoms with van der Waals surface area (Å²) in [6.07, 6.45) is -36.4. The normalized spacial score (nSPS) is 33.8. The standard InChI is InChI=1S/C74H90Cl3NO26/c1-40-54(83)56(85)61(102-68-53(78-73(86)74(75,76)77)60(55(84)51(33-79)99-68)101-72-67(98-45(6)82)64(97-44(5)81)58(42(3)95-72)96-43(4)80)70(93-40)104-66-63(57(41(2)94-69(66)87-7)89-35-47-25-15-9-16-26-47)103-71-65(92-38-50-31-21-12-22-32-50)62(91-37-49-29-19-11-20-30-49)59(90-36-48-27-17-10-18-28-48)52(100-71)39-88-34-46-23-13-8-14-24-46/h8-32,40-42,51-72,79,83-85H,33-39H2,1-7H3,(H,78,86)/t40-,41-,42-,51+,52+,53+,54-,55+,56+,57-,58-,59+,60+,61+,62-,63+,64+,65+,66+,67+,68-,69+,70-,71+,72-/m0/s1. The molecule has 0 spiro atoms. The van der Waals surface area contributed by atoms with Crippen LogP contribution in [0.4, 0.5) is 0 Å². The summed E-state index contributed by atoms with van der Waals surface area (Å²) < 4.78 is 115. The van der Waals surface area contributed by atoms with Gasteiger partial charge < -0.3 is 111 Å². The molecule has 568 valence electrons. The molecule has 5 fully saturated rings. The molecule has 5 saturated heterocycles. The van der Waals surface area contributed by atoms with Crippen molar-refractivity contribution in [3.05, 3.63) is 179 Å². The van der Waals surface area contributed by atoms with E-state index in [0.717, 1.165) is 48.6 Å². The molecule has 25 atom stereocenters. The minimum atomic E-state index is -2.76. The van der Waals surface area contributed by atoms with E-state index in [1.165, 1.54) is 21.0 Å². The number of benzene rings is 5. The second-order valence-corrected chi connectivity index (χ2v) is 28.1. The van der Waals surface area contributed by atoms with Gasteiger partial charge in [0, 0.05) is 27.9 Å². The molecule has 0 radical (unpaired) electrons. The summed E-state index contributed by atoms with van der Waals surface area (Å²) in [6.45, 7) is 7.12. The van der Waals surface area contributed by atoms with Gasteiger partial charge in [0.1, 0.15) is 85.4 Å². The number of hydrogen-bond acceptors (Lipinski definition) is 26. The number of methoxy groups -OCH3 is 1. The molecule has 0 saturated carbocycles. The summed E-state index contributed by atoms with van der Waals surface area (Å²) in [6, 6.07) is 45.6. The fraction of sp³-hybridized carbons (Fsp3) is 0.541. The lowest BCUT2D eigenvalue weighted by molar-refractivity contribution is -0.405. The number of carbonyl (C=O) groups is 4. The minimum absolute atomic E-state index is 0.00426. The van der Waals surface area contributed by atoms with Gasteiger partial charge in [-0.1, -0.05) is 186 Å². The number of aliphatic hydroxyl groups excluding tert-OH is 4. The van der Waals surface area contributed by atoms with E-state index < -0.39 is 188 Å². The number of nitrogens with one attached hydrogen (secondary N) is 1. The van der Waals surface area contributed by atoms with Gasteiger partial charge in [0.2, 0.25) is 0 Å². The number of esters is 3. The Balaban J connectivity index is 1.05. The Labute approximate surface area is 617 Å². The maximum atomic E-state index is 14.1. The number of alkyl halides is 3. The van der Waals surface area contributed by atoms with Crippen LogP contribution in [0.15, 0.2) is 152 Å². The van der Waals surface area contributed by atoms with Gasteiger partial charge in [0.15, 0.2) is 49.8 Å². The third-order valence-corrected chi connectivity index (χ3v) is 18.6. The Morgan fingerprint density at radius 3 is 1.30 bits per heavy atom. The molecule has 0 bridgehead atoms. The second-order valence-electron chi connectivity index (χ2n) is 25.8. The van der Waals surface area contributed by atoms with Gasteiger partial charge in [-0.2, -0.15) is 0 Å². The number of ether oxygens (including phenoxy) is 18. The molecule has 5 aromatic rings. The molecule has 0 unspecified atom stereocenters. The summed E-state index contributed by atoms with van der Waals surface area (Å²) in [5, 5.41) is 49.9. The van der Waals surface area contributed by atoms with Crippen LogP contribution in [0.25, 0.3) is 0 Å². The van der Waals surface area contributed by atoms with Crippen LogP contribution in [0.2, 0.25) is 0 Å². The van der Waals surface area contributed by atoms with Gasteiger partial charge in [-0.3, -0.25) is 19.2 Å². The van der Waals surface area contributed by atoms with Crippen molar-refractivity contribution in [3.8, 4) is 0 Å². The second kappa shape index (κ2) is 38.3. The maximum Gasteiger partial charge on any atom is 0.303 e. The molecule has 30 heteroatoms. The average Bonchev–Trinajstić information content (AvgIpc) is 0.761. The van der Waals surface area contributed by atoms with Crippen LogP contribution >= 0.6 is 34.8 Å². The molecule has 5 aliphatic rings. The van der Waals surface area contributed by atoms with Crippen molar-refractivity contribution in [2.45, 2.75) is 232 Å². The molecule has 5 aromatic carbocycles. The van der Waals surface area contributed by atoms with Gasteiger partial charge >= 0.3 is 17.9 Å². The lowest BCUT2D eigenvalue weighted by Gasteiger charge is -2.52. The van der Waals surface area contributed by atoms with Crippen molar-refractivity contribution in [3.63, 3.8) is 0 Å². The van der Waals surface area contributed by atoms with Crippen LogP contribution in [-0.2, 0) is 137 Å². The molecule has 104 heavy (non-hydrogen) atoms. The van der Waals surface area contributed by atoms with Crippen LogP contribution in [0.5, 0.6) is 0 Å². The third-order valence-electron chi connectivity index (χ3n) is 18.1. The van der Waals surface area contributed by atoms with Gasteiger partial charge in [0.25, 0.3) is 9.70 Å². The van der Waals surface area contributed by atoms with Crippen molar-refractivity contribution in [2.75, 3.05) is 20.3 Å². The summed E-state index contributed by atoms with van der Waals surface area (Å²) in [7, 11) is 1.36. The van der Waals surface area contributed by atoms with Gasteiger partial charge in [-0.05, 0) is 48.6 Å². The first-order valence-corrected chi connectivity index (χ1v) is 35.3. The zero-order valence-electron chi connectivity index (χ0n) is 58.2. The Kier molecular flexibility index (Phi) is 29.7. The lowest BCUT2D eigenvalue weighted by atomic mass is 9.94. The number of amides is 1. The highest BCUT2D eigenvalue weighted by atomic mass is 35.6. The summed E-state index contributed by atoms with van der Waals surface area (Å²) in [5.41, 5.74) is 4.14. The fourth-order valence-electron chi connectivity index (χ4n) is 13.0. The zero-order valence-corrected chi connectivity index (χ0v) is 60.5. The Morgan fingerprint density at radius 2 is 0.798 bits per heavy atom. The Morgan fingerprint density at radius 1 is 0.404 bits per heavy atom. The number of carbonyl (C=O) groups excluding carboxylic acids is 4. The molecule has 10 rings (SSSR count). The lowest BCUT2D eigenvalue weighted by Crippen LogP contribution is -2.71. The van der Waals surface area contributed by atoms with E-state index in [0.29, 0.717) is 0 Å². The molecule has 0 aromatic heterocycles. The minimum Gasteiger partial charge on any atom is -0.456 e. The van der Waals surface area contributed by atoms with Crippen LogP contribution in [0, 0.1) is 0 Å². The zero-order chi connectivity index (χ0) is 74.2. The summed E-state index contributed by atoms with van der Waals surface area (Å²) in [5.74, 6) is -4.06. The third kappa shape index (κ3) is 21.3. The average molecular weight is 1520 g/mol. The van der Waals surface area contributed by atoms with Crippen LogP contribution < -0.4 is 5.32 Å². The van der Waals surface area contributed by atoms with Crippen molar-refractivity contribution in [1.29, 1.82) is 0 Å². The fourth-order valence-corrected chi connectivity index (χ4v) is 13.2. The summed E-state index contributed by atoms with van der Waals surface area (Å²) >= 11 is 18.6. The van der Waals surface area contributed by atoms with E-state index in [2.05, 4.69) is 5.32 Å². The van der Waals surface area contributed by atoms with Crippen molar-refractivity contribution in [1.82, 2.24) is 5.32 Å². The summed E-state index contributed by atoms with van der Waals surface area (Å²) in [4.78, 5) is 52.1. The van der Waals surface area contributed by atoms with Crippen molar-refractivity contribution in [2.24, 2.45) is 0 Å². The topological polar surface area (TPSA) is 327 Å². The maximum absolute atomic E-state index is 14.1. The van der Waals surface area contributed by atoms with Crippen molar-refractivity contribution >= 4 is 58.6 Å². The smallest absolute Gasteiger partial charge is 0.303 e. The van der Waals surface area contributed by atoms with E-state index in [9.17, 15) is 39.6 Å². The number of aliphatic hydroxyl groups is 4. The first kappa shape index (κ1) is 80.6. The monoisotopic (exact) mass is 1510 g/mol. The highest BCUT2D eigenvalue weighted by molar-refractivity contribution is 6.76. The van der Waals surface area contributed by atoms with Gasteiger partial charge in [-0.15, -0.1) is 0 Å². The van der Waals surface area contributed by atoms with E-state index >= 15 is 0 Å². The quantitative estimate of drug-likeness (QED) is 0.0196. The predicted molar refractivity (Wildman–Crippen MR) is 367 cm³/mol. The largest absolute Gasteiger partial charge is 0.456 e. The molecular weight excluding hydrogens is 1430 g/mol. The molecule has 27 nitrogen and oxygen atoms in total. The van der Waals surface area contributed by atoms with E-state index in [4.69, 9.17) is 120 Å². The molecule has 5 N–H and O–H groups in total. The molecule has 5 aliphatic heterocycles. The Bertz CT molecular complexity index is 3450. The number of rotatable bonds is 30. The molecule has 5 heterocycles. The SMILES string of the molecule is CO[C@@H]1O[C@@H](C)[C@H](OCc2ccccc2)[C@@H](O[C@H]2O[C@H](COCc3ccccc3)[C@@H](OCc3ccccc3)[C@H](OCc3ccccc3)[C@H]2OCc2ccccc2)[C@H]1O[C@@H]1O[C@@H](C)[C@H](O)[C@@H](O)[C@H]1O[C@@H]1O[C@H](CO)[C@@H](O)[C@H](O[C@@H]2O[C@@H](C)[C@H](OC(C)=O)[C@@H](OC(C)=O)[C@H]2OC(C)=O)[C@H]1NC(=O)C(Cl)(Cl)Cl.